The molecule has 5 rings (SSSR count). The van der Waals surface area contributed by atoms with Crippen molar-refractivity contribution in [2.75, 3.05) is 5.32 Å². The Morgan fingerprint density at radius 2 is 1.90 bits per heavy atom. The number of nitrogens with one attached hydrogen (secondary N) is 3. The Hall–Kier alpha value is -4.47. The molecule has 9 nitrogen and oxygen atoms in total. The summed E-state index contributed by atoms with van der Waals surface area (Å²) in [5, 5.41) is 11.9. The van der Waals surface area contributed by atoms with Crippen LogP contribution in [-0.4, -0.2) is 30.3 Å². The molecule has 0 saturated carbocycles. The Balaban J connectivity index is 1.47. The number of hydrogen-bond donors (Lipinski definition) is 3. The topological polar surface area (TPSA) is 101 Å². The van der Waals surface area contributed by atoms with Gasteiger partial charge in [0.2, 0.25) is 0 Å². The Bertz CT molecular complexity index is 1350. The van der Waals surface area contributed by atoms with Crippen LogP contribution in [0, 0.1) is 5.82 Å². The quantitative estimate of drug-likeness (QED) is 0.472. The van der Waals surface area contributed by atoms with Crippen molar-refractivity contribution in [3.63, 3.8) is 0 Å². The lowest BCUT2D eigenvalue weighted by molar-refractivity contribution is -0.112. The lowest BCUT2D eigenvalue weighted by Gasteiger charge is -2.08. The molecular weight excluding hydrogens is 399 g/mol. The van der Waals surface area contributed by atoms with Crippen LogP contribution in [0.4, 0.5) is 10.2 Å². The SMILES string of the molecule is Cn1cc(-c2ccc3nc(NC(=O)C4=CNNC=C4)cn3n2)c(-c2ccc(F)cc2)n1. The molecule has 3 N–H and O–H groups in total. The zero-order valence-corrected chi connectivity index (χ0v) is 16.4. The van der Waals surface area contributed by atoms with E-state index < -0.39 is 0 Å². The summed E-state index contributed by atoms with van der Waals surface area (Å²) in [4.78, 5) is 16.8. The average Bonchev–Trinajstić information content (AvgIpc) is 3.37. The van der Waals surface area contributed by atoms with Crippen molar-refractivity contribution in [2.24, 2.45) is 7.05 Å². The van der Waals surface area contributed by atoms with Crippen molar-refractivity contribution in [1.82, 2.24) is 35.2 Å². The van der Waals surface area contributed by atoms with E-state index in [1.807, 2.05) is 25.4 Å². The van der Waals surface area contributed by atoms with E-state index >= 15 is 0 Å². The first-order chi connectivity index (χ1) is 15.1. The molecule has 31 heavy (non-hydrogen) atoms. The second-order valence-electron chi connectivity index (χ2n) is 6.90. The fraction of sp³-hybridized carbons (Fsp3) is 0.0476. The molecule has 154 valence electrons. The van der Waals surface area contributed by atoms with Gasteiger partial charge in [-0.3, -0.25) is 9.48 Å². The number of aromatic nitrogens is 5. The molecule has 0 saturated heterocycles. The summed E-state index contributed by atoms with van der Waals surface area (Å²) in [6, 6.07) is 9.81. The molecule has 1 aliphatic rings. The summed E-state index contributed by atoms with van der Waals surface area (Å²) in [6.07, 6.45) is 8.33. The highest BCUT2D eigenvalue weighted by atomic mass is 19.1. The summed E-state index contributed by atoms with van der Waals surface area (Å²) in [5.41, 5.74) is 9.50. The monoisotopic (exact) mass is 416 g/mol. The fourth-order valence-electron chi connectivity index (χ4n) is 3.26. The lowest BCUT2D eigenvalue weighted by atomic mass is 10.1. The standard InChI is InChI=1S/C21H17FN8O/c1-29-11-16(20(28-29)13-2-4-15(22)5-3-13)17-6-7-19-25-18(12-30(19)27-17)26-21(31)14-8-9-23-24-10-14/h2-12,23-24H,1H3,(H,26,31). The van der Waals surface area contributed by atoms with E-state index in [1.54, 1.807) is 46.0 Å². The van der Waals surface area contributed by atoms with Crippen LogP contribution in [0.1, 0.15) is 0 Å². The fourth-order valence-corrected chi connectivity index (χ4v) is 3.26. The van der Waals surface area contributed by atoms with Gasteiger partial charge in [0.15, 0.2) is 11.5 Å². The summed E-state index contributed by atoms with van der Waals surface area (Å²) in [7, 11) is 1.82. The molecule has 1 aliphatic heterocycles. The minimum absolute atomic E-state index is 0.292. The van der Waals surface area contributed by atoms with Gasteiger partial charge in [-0.2, -0.15) is 10.2 Å². The van der Waals surface area contributed by atoms with Crippen molar-refractivity contribution in [1.29, 1.82) is 0 Å². The zero-order valence-electron chi connectivity index (χ0n) is 16.4. The molecule has 3 aromatic heterocycles. The largest absolute Gasteiger partial charge is 0.309 e. The minimum atomic E-state index is -0.305. The van der Waals surface area contributed by atoms with Crippen LogP contribution in [-0.2, 0) is 11.8 Å². The molecule has 0 aliphatic carbocycles. The Morgan fingerprint density at radius 3 is 2.68 bits per heavy atom. The highest BCUT2D eigenvalue weighted by molar-refractivity contribution is 6.05. The smallest absolute Gasteiger partial charge is 0.258 e. The van der Waals surface area contributed by atoms with Gasteiger partial charge in [0.1, 0.15) is 11.5 Å². The highest BCUT2D eigenvalue weighted by Gasteiger charge is 2.16. The summed E-state index contributed by atoms with van der Waals surface area (Å²) < 4.78 is 16.6. The van der Waals surface area contributed by atoms with Crippen molar-refractivity contribution in [2.45, 2.75) is 0 Å². The molecule has 0 radical (unpaired) electrons. The van der Waals surface area contributed by atoms with Gasteiger partial charge in [-0.25, -0.2) is 13.9 Å². The first-order valence-electron chi connectivity index (χ1n) is 9.42. The highest BCUT2D eigenvalue weighted by Crippen LogP contribution is 2.30. The lowest BCUT2D eigenvalue weighted by Crippen LogP contribution is -2.27. The third-order valence-corrected chi connectivity index (χ3v) is 4.70. The minimum Gasteiger partial charge on any atom is -0.309 e. The predicted octanol–water partition coefficient (Wildman–Crippen LogP) is 2.38. The summed E-state index contributed by atoms with van der Waals surface area (Å²) in [5.74, 6) is -0.215. The molecular formula is C21H17FN8O. The number of rotatable bonds is 4. The molecule has 0 bridgehead atoms. The second kappa shape index (κ2) is 7.41. The van der Waals surface area contributed by atoms with E-state index in [-0.39, 0.29) is 11.7 Å². The van der Waals surface area contributed by atoms with Crippen LogP contribution in [0.3, 0.4) is 0 Å². The van der Waals surface area contributed by atoms with Crippen LogP contribution in [0.2, 0.25) is 0 Å². The zero-order chi connectivity index (χ0) is 21.4. The number of anilines is 1. The normalized spacial score (nSPS) is 12.9. The van der Waals surface area contributed by atoms with Crippen molar-refractivity contribution in [3.8, 4) is 22.5 Å². The van der Waals surface area contributed by atoms with Crippen LogP contribution in [0.5, 0.6) is 0 Å². The van der Waals surface area contributed by atoms with Gasteiger partial charge in [-0.1, -0.05) is 0 Å². The third kappa shape index (κ3) is 3.62. The van der Waals surface area contributed by atoms with E-state index in [1.165, 1.54) is 12.1 Å². The number of imidazole rings is 1. The molecule has 0 atom stereocenters. The number of hydrogen-bond acceptors (Lipinski definition) is 6. The molecule has 1 amide bonds. The summed E-state index contributed by atoms with van der Waals surface area (Å²) in [6.45, 7) is 0. The van der Waals surface area contributed by atoms with Gasteiger partial charge in [0.25, 0.3) is 5.91 Å². The molecule has 0 spiro atoms. The Morgan fingerprint density at radius 1 is 1.06 bits per heavy atom. The number of carbonyl (C=O) groups excluding carboxylic acids is 1. The Labute approximate surface area is 175 Å². The third-order valence-electron chi connectivity index (χ3n) is 4.70. The van der Waals surface area contributed by atoms with Crippen LogP contribution >= 0.6 is 0 Å². The maximum absolute atomic E-state index is 13.3. The van der Waals surface area contributed by atoms with E-state index in [2.05, 4.69) is 31.3 Å². The Kier molecular flexibility index (Phi) is 4.43. The number of fused-ring (bicyclic) bond motifs is 1. The number of amides is 1. The summed E-state index contributed by atoms with van der Waals surface area (Å²) >= 11 is 0. The van der Waals surface area contributed by atoms with E-state index in [0.717, 1.165) is 11.1 Å². The number of halogens is 1. The van der Waals surface area contributed by atoms with Gasteiger partial charge in [-0.15, -0.1) is 0 Å². The van der Waals surface area contributed by atoms with Gasteiger partial charge in [-0.05, 0) is 42.5 Å². The van der Waals surface area contributed by atoms with E-state index in [0.29, 0.717) is 28.4 Å². The molecule has 10 heteroatoms. The first-order valence-corrected chi connectivity index (χ1v) is 9.42. The maximum Gasteiger partial charge on any atom is 0.258 e. The number of carbonyl (C=O) groups is 1. The second-order valence-corrected chi connectivity index (χ2v) is 6.90. The van der Waals surface area contributed by atoms with Gasteiger partial charge >= 0.3 is 0 Å². The van der Waals surface area contributed by atoms with Crippen molar-refractivity contribution in [3.05, 3.63) is 78.7 Å². The van der Waals surface area contributed by atoms with Crippen molar-refractivity contribution < 1.29 is 9.18 Å². The number of hydrazine groups is 1. The number of benzene rings is 1. The maximum atomic E-state index is 13.3. The van der Waals surface area contributed by atoms with Gasteiger partial charge < -0.3 is 16.2 Å². The average molecular weight is 416 g/mol. The first kappa shape index (κ1) is 18.6. The molecule has 1 aromatic carbocycles. The van der Waals surface area contributed by atoms with E-state index in [9.17, 15) is 9.18 Å². The van der Waals surface area contributed by atoms with Crippen LogP contribution in [0.25, 0.3) is 28.2 Å². The number of nitrogens with zero attached hydrogens (tertiary/aromatic N) is 5. The van der Waals surface area contributed by atoms with Gasteiger partial charge in [0.05, 0.1) is 17.5 Å². The van der Waals surface area contributed by atoms with Gasteiger partial charge in [0, 0.05) is 36.8 Å². The molecule has 0 fully saturated rings. The van der Waals surface area contributed by atoms with Crippen LogP contribution < -0.4 is 16.2 Å². The molecule has 4 aromatic rings. The van der Waals surface area contributed by atoms with E-state index in [4.69, 9.17) is 0 Å². The number of aryl methyl sites for hydroxylation is 1. The molecule has 0 unspecified atom stereocenters. The van der Waals surface area contributed by atoms with Crippen LogP contribution in [0.15, 0.2) is 72.8 Å². The predicted molar refractivity (Wildman–Crippen MR) is 113 cm³/mol. The molecule has 4 heterocycles. The van der Waals surface area contributed by atoms with Crippen molar-refractivity contribution >= 4 is 17.4 Å².